The Morgan fingerprint density at radius 1 is 1.56 bits per heavy atom. The monoisotopic (exact) mass is 223 g/mol. The number of alkyl halides is 1. The Hall–Kier alpha value is -1.09. The molecular formula is C13H18FNO. The predicted octanol–water partition coefficient (Wildman–Crippen LogP) is 2.72. The summed E-state index contributed by atoms with van der Waals surface area (Å²) in [5.74, 6) is 0.0538. The maximum atomic E-state index is 13.2. The van der Waals surface area contributed by atoms with Crippen molar-refractivity contribution in [3.05, 3.63) is 29.3 Å². The fourth-order valence-electron chi connectivity index (χ4n) is 2.27. The van der Waals surface area contributed by atoms with Gasteiger partial charge in [-0.2, -0.15) is 0 Å². The van der Waals surface area contributed by atoms with E-state index in [0.29, 0.717) is 11.6 Å². The first-order valence-corrected chi connectivity index (χ1v) is 5.86. The number of hydrogen-bond donors (Lipinski definition) is 2. The van der Waals surface area contributed by atoms with Gasteiger partial charge in [0.15, 0.2) is 0 Å². The molecule has 1 aliphatic rings. The van der Waals surface area contributed by atoms with E-state index in [2.05, 4.69) is 5.32 Å². The van der Waals surface area contributed by atoms with Crippen LogP contribution in [0.4, 0.5) is 4.39 Å². The van der Waals surface area contributed by atoms with Crippen molar-refractivity contribution >= 4 is 0 Å². The highest BCUT2D eigenvalue weighted by molar-refractivity contribution is 5.37. The van der Waals surface area contributed by atoms with Gasteiger partial charge in [0.2, 0.25) is 0 Å². The second kappa shape index (κ2) is 4.83. The number of halogens is 1. The van der Waals surface area contributed by atoms with Crippen molar-refractivity contribution in [3.8, 4) is 5.75 Å². The van der Waals surface area contributed by atoms with Crippen molar-refractivity contribution in [3.63, 3.8) is 0 Å². The standard InChI is InChI=1S/C13H18FNO/c1-9(14)12-8-10(4-5-13(12)16)7-11-3-2-6-15-11/h4-5,8-9,11,15-16H,2-3,6-7H2,1H3. The smallest absolute Gasteiger partial charge is 0.126 e. The molecule has 1 heterocycles. The lowest BCUT2D eigenvalue weighted by Gasteiger charge is -2.12. The molecule has 2 unspecified atom stereocenters. The molecule has 3 heteroatoms. The van der Waals surface area contributed by atoms with Crippen molar-refractivity contribution in [2.75, 3.05) is 6.54 Å². The van der Waals surface area contributed by atoms with E-state index < -0.39 is 6.17 Å². The largest absolute Gasteiger partial charge is 0.508 e. The molecule has 2 atom stereocenters. The SMILES string of the molecule is CC(F)c1cc(CC2CCCN2)ccc1O. The minimum absolute atomic E-state index is 0.0538. The Labute approximate surface area is 95.5 Å². The molecule has 0 amide bonds. The highest BCUT2D eigenvalue weighted by Gasteiger charge is 2.16. The fourth-order valence-corrected chi connectivity index (χ4v) is 2.27. The molecule has 0 saturated carbocycles. The zero-order valence-corrected chi connectivity index (χ0v) is 9.54. The average Bonchev–Trinajstić information content (AvgIpc) is 2.73. The van der Waals surface area contributed by atoms with E-state index in [1.54, 1.807) is 12.1 Å². The van der Waals surface area contributed by atoms with E-state index in [1.807, 2.05) is 6.07 Å². The normalized spacial score (nSPS) is 22.2. The van der Waals surface area contributed by atoms with Gasteiger partial charge in [-0.3, -0.25) is 0 Å². The highest BCUT2D eigenvalue weighted by Crippen LogP contribution is 2.28. The van der Waals surface area contributed by atoms with Crippen LogP contribution in [0.25, 0.3) is 0 Å². The first-order chi connectivity index (χ1) is 7.66. The van der Waals surface area contributed by atoms with Crippen LogP contribution in [0.2, 0.25) is 0 Å². The lowest BCUT2D eigenvalue weighted by atomic mass is 10.0. The van der Waals surface area contributed by atoms with Crippen LogP contribution in [0.5, 0.6) is 5.75 Å². The van der Waals surface area contributed by atoms with E-state index in [1.165, 1.54) is 19.8 Å². The molecule has 1 aromatic carbocycles. The summed E-state index contributed by atoms with van der Waals surface area (Å²) in [4.78, 5) is 0. The summed E-state index contributed by atoms with van der Waals surface area (Å²) in [6.45, 7) is 2.53. The molecule has 88 valence electrons. The maximum Gasteiger partial charge on any atom is 0.126 e. The molecule has 1 fully saturated rings. The molecule has 1 saturated heterocycles. The molecule has 0 spiro atoms. The second-order valence-corrected chi connectivity index (χ2v) is 4.51. The third-order valence-electron chi connectivity index (χ3n) is 3.16. The van der Waals surface area contributed by atoms with Crippen LogP contribution in [-0.2, 0) is 6.42 Å². The fraction of sp³-hybridized carbons (Fsp3) is 0.538. The van der Waals surface area contributed by atoms with E-state index >= 15 is 0 Å². The molecule has 2 nitrogen and oxygen atoms in total. The Balaban J connectivity index is 2.12. The van der Waals surface area contributed by atoms with E-state index in [4.69, 9.17) is 0 Å². The van der Waals surface area contributed by atoms with Gasteiger partial charge in [0, 0.05) is 11.6 Å². The lowest BCUT2D eigenvalue weighted by molar-refractivity contribution is 0.356. The van der Waals surface area contributed by atoms with E-state index in [0.717, 1.165) is 18.5 Å². The summed E-state index contributed by atoms with van der Waals surface area (Å²) in [7, 11) is 0. The number of aromatic hydroxyl groups is 1. The number of hydrogen-bond acceptors (Lipinski definition) is 2. The summed E-state index contributed by atoms with van der Waals surface area (Å²) in [5.41, 5.74) is 1.49. The Kier molecular flexibility index (Phi) is 3.44. The first-order valence-electron chi connectivity index (χ1n) is 5.86. The number of nitrogens with one attached hydrogen (secondary N) is 1. The van der Waals surface area contributed by atoms with E-state index in [-0.39, 0.29) is 5.75 Å². The van der Waals surface area contributed by atoms with Crippen LogP contribution in [-0.4, -0.2) is 17.7 Å². The van der Waals surface area contributed by atoms with Gasteiger partial charge in [-0.25, -0.2) is 4.39 Å². The molecule has 2 rings (SSSR count). The third kappa shape index (κ3) is 2.53. The topological polar surface area (TPSA) is 32.3 Å². The van der Waals surface area contributed by atoms with Gasteiger partial charge in [-0.1, -0.05) is 6.07 Å². The molecule has 0 radical (unpaired) electrons. The zero-order chi connectivity index (χ0) is 11.5. The van der Waals surface area contributed by atoms with E-state index in [9.17, 15) is 9.50 Å². The number of rotatable bonds is 3. The van der Waals surface area contributed by atoms with Gasteiger partial charge < -0.3 is 10.4 Å². The Morgan fingerprint density at radius 2 is 2.38 bits per heavy atom. The number of benzene rings is 1. The first kappa shape index (κ1) is 11.4. The van der Waals surface area contributed by atoms with Crippen LogP contribution in [0.15, 0.2) is 18.2 Å². The molecular weight excluding hydrogens is 205 g/mol. The summed E-state index contributed by atoms with van der Waals surface area (Å²) in [5, 5.41) is 12.9. The summed E-state index contributed by atoms with van der Waals surface area (Å²) < 4.78 is 13.2. The predicted molar refractivity (Wildman–Crippen MR) is 62.4 cm³/mol. The average molecular weight is 223 g/mol. The second-order valence-electron chi connectivity index (χ2n) is 4.51. The van der Waals surface area contributed by atoms with Crippen LogP contribution in [0.1, 0.15) is 37.1 Å². The molecule has 1 aromatic rings. The Bertz CT molecular complexity index is 359. The molecule has 0 aromatic heterocycles. The van der Waals surface area contributed by atoms with Crippen molar-refractivity contribution in [1.29, 1.82) is 0 Å². The third-order valence-corrected chi connectivity index (χ3v) is 3.16. The summed E-state index contributed by atoms with van der Waals surface area (Å²) in [6.07, 6.45) is 2.20. The van der Waals surface area contributed by atoms with Crippen LogP contribution >= 0.6 is 0 Å². The van der Waals surface area contributed by atoms with Crippen molar-refractivity contribution in [2.24, 2.45) is 0 Å². The van der Waals surface area contributed by atoms with Crippen molar-refractivity contribution in [1.82, 2.24) is 5.32 Å². The molecule has 0 bridgehead atoms. The van der Waals surface area contributed by atoms with Crippen LogP contribution in [0.3, 0.4) is 0 Å². The molecule has 16 heavy (non-hydrogen) atoms. The minimum Gasteiger partial charge on any atom is -0.508 e. The maximum absolute atomic E-state index is 13.2. The molecule has 0 aliphatic carbocycles. The number of phenolic OH excluding ortho intramolecular Hbond substituents is 1. The summed E-state index contributed by atoms with van der Waals surface area (Å²) >= 11 is 0. The summed E-state index contributed by atoms with van der Waals surface area (Å²) in [6, 6.07) is 5.75. The van der Waals surface area contributed by atoms with Crippen LogP contribution in [0, 0.1) is 0 Å². The highest BCUT2D eigenvalue weighted by atomic mass is 19.1. The number of phenols is 1. The molecule has 1 aliphatic heterocycles. The minimum atomic E-state index is -1.11. The van der Waals surface area contributed by atoms with Gasteiger partial charge in [0.1, 0.15) is 11.9 Å². The molecule has 2 N–H and O–H groups in total. The van der Waals surface area contributed by atoms with Gasteiger partial charge in [0.05, 0.1) is 0 Å². The quantitative estimate of drug-likeness (QED) is 0.825. The van der Waals surface area contributed by atoms with Gasteiger partial charge in [0.25, 0.3) is 0 Å². The van der Waals surface area contributed by atoms with Gasteiger partial charge in [-0.05, 0) is 50.4 Å². The van der Waals surface area contributed by atoms with Crippen molar-refractivity contribution in [2.45, 2.75) is 38.4 Å². The van der Waals surface area contributed by atoms with Gasteiger partial charge >= 0.3 is 0 Å². The van der Waals surface area contributed by atoms with Gasteiger partial charge in [-0.15, -0.1) is 0 Å². The Morgan fingerprint density at radius 3 is 3.00 bits per heavy atom. The van der Waals surface area contributed by atoms with Crippen molar-refractivity contribution < 1.29 is 9.50 Å². The lowest BCUT2D eigenvalue weighted by Crippen LogP contribution is -2.23. The zero-order valence-electron chi connectivity index (χ0n) is 9.54. The van der Waals surface area contributed by atoms with Crippen LogP contribution < -0.4 is 5.32 Å².